The lowest BCUT2D eigenvalue weighted by Gasteiger charge is -2.47. The largest absolute Gasteiger partial charge is 0.365 e. The Morgan fingerprint density at radius 2 is 1.74 bits per heavy atom. The standard InChI is InChI=1S/C23H33ClN6O/c1-17-14-29(22-13-25-21(24)12-26-22)15-18(2)30(17)23(31)27-20-8-10-28(11-9-20)16-19-6-4-3-5-7-19/h3-7,12-13,17-18,20,23,27,31H,8-11,14-16H2,1-2H3/t17-,18+,23?. The van der Waals surface area contributed by atoms with Crippen molar-refractivity contribution in [1.29, 1.82) is 0 Å². The molecule has 4 rings (SSSR count). The highest BCUT2D eigenvalue weighted by Crippen LogP contribution is 2.23. The highest BCUT2D eigenvalue weighted by molar-refractivity contribution is 6.29. The van der Waals surface area contributed by atoms with Gasteiger partial charge in [-0.2, -0.15) is 0 Å². The Balaban J connectivity index is 1.27. The number of rotatable bonds is 6. The molecule has 0 aliphatic carbocycles. The maximum Gasteiger partial charge on any atom is 0.163 e. The fourth-order valence-electron chi connectivity index (χ4n) is 4.87. The van der Waals surface area contributed by atoms with Crippen molar-refractivity contribution in [2.24, 2.45) is 0 Å². The lowest BCUT2D eigenvalue weighted by Crippen LogP contribution is -2.64. The van der Waals surface area contributed by atoms with Gasteiger partial charge in [0.2, 0.25) is 0 Å². The fraction of sp³-hybridized carbons (Fsp3) is 0.565. The first-order chi connectivity index (χ1) is 15.0. The quantitative estimate of drug-likeness (QED) is 0.663. The molecule has 0 saturated carbocycles. The maximum atomic E-state index is 11.0. The molecule has 2 fully saturated rings. The number of nitrogens with one attached hydrogen (secondary N) is 1. The van der Waals surface area contributed by atoms with Crippen LogP contribution in [0.25, 0.3) is 0 Å². The Kier molecular flexibility index (Phi) is 7.40. The van der Waals surface area contributed by atoms with E-state index in [1.807, 2.05) is 0 Å². The van der Waals surface area contributed by atoms with E-state index in [1.54, 1.807) is 12.4 Å². The Morgan fingerprint density at radius 3 is 2.35 bits per heavy atom. The average Bonchev–Trinajstić information content (AvgIpc) is 2.76. The normalized spacial score (nSPS) is 25.0. The van der Waals surface area contributed by atoms with Gasteiger partial charge < -0.3 is 10.0 Å². The molecule has 2 saturated heterocycles. The molecule has 2 N–H and O–H groups in total. The number of halogens is 1. The molecule has 31 heavy (non-hydrogen) atoms. The molecule has 1 unspecified atom stereocenters. The van der Waals surface area contributed by atoms with E-state index in [0.29, 0.717) is 11.2 Å². The first-order valence-electron chi connectivity index (χ1n) is 11.2. The third-order valence-electron chi connectivity index (χ3n) is 6.42. The molecule has 2 aliphatic rings. The molecular weight excluding hydrogens is 412 g/mol. The second-order valence-corrected chi connectivity index (χ2v) is 9.21. The number of aliphatic hydroxyl groups excluding tert-OH is 1. The van der Waals surface area contributed by atoms with Crippen molar-refractivity contribution in [2.45, 2.75) is 57.7 Å². The number of nitrogens with zero attached hydrogens (tertiary/aromatic N) is 5. The van der Waals surface area contributed by atoms with E-state index in [-0.39, 0.29) is 12.1 Å². The minimum Gasteiger partial charge on any atom is -0.365 e. The number of anilines is 1. The molecule has 1 aromatic carbocycles. The summed E-state index contributed by atoms with van der Waals surface area (Å²) in [5.41, 5.74) is 1.36. The number of likely N-dealkylation sites (tertiary alicyclic amines) is 1. The van der Waals surface area contributed by atoms with Gasteiger partial charge in [-0.25, -0.2) is 9.97 Å². The summed E-state index contributed by atoms with van der Waals surface area (Å²) in [6.45, 7) is 8.98. The smallest absolute Gasteiger partial charge is 0.163 e. The third kappa shape index (κ3) is 5.73. The van der Waals surface area contributed by atoms with Crippen LogP contribution in [0.15, 0.2) is 42.7 Å². The predicted molar refractivity (Wildman–Crippen MR) is 124 cm³/mol. The molecule has 7 nitrogen and oxygen atoms in total. The van der Waals surface area contributed by atoms with Crippen molar-refractivity contribution < 1.29 is 5.11 Å². The number of benzene rings is 1. The lowest BCUT2D eigenvalue weighted by atomic mass is 10.0. The summed E-state index contributed by atoms with van der Waals surface area (Å²) in [6.07, 6.45) is 4.75. The van der Waals surface area contributed by atoms with Gasteiger partial charge in [0.15, 0.2) is 6.35 Å². The molecule has 2 aromatic rings. The van der Waals surface area contributed by atoms with Crippen molar-refractivity contribution in [3.05, 3.63) is 53.4 Å². The Morgan fingerprint density at radius 1 is 1.06 bits per heavy atom. The molecule has 8 heteroatoms. The van der Waals surface area contributed by atoms with E-state index in [4.69, 9.17) is 11.6 Å². The van der Waals surface area contributed by atoms with Crippen molar-refractivity contribution in [3.63, 3.8) is 0 Å². The summed E-state index contributed by atoms with van der Waals surface area (Å²) in [7, 11) is 0. The van der Waals surface area contributed by atoms with Crippen molar-refractivity contribution in [1.82, 2.24) is 25.1 Å². The number of aromatic nitrogens is 2. The van der Waals surface area contributed by atoms with Crippen molar-refractivity contribution >= 4 is 17.4 Å². The van der Waals surface area contributed by atoms with Crippen LogP contribution in [0.4, 0.5) is 5.82 Å². The van der Waals surface area contributed by atoms with E-state index in [0.717, 1.165) is 51.4 Å². The van der Waals surface area contributed by atoms with Gasteiger partial charge in [-0.1, -0.05) is 41.9 Å². The third-order valence-corrected chi connectivity index (χ3v) is 6.62. The summed E-state index contributed by atoms with van der Waals surface area (Å²) in [4.78, 5) is 15.4. The SMILES string of the molecule is C[C@@H]1CN(c2cnc(Cl)cn2)C[C@H](C)N1C(O)NC1CCN(Cc2ccccc2)CC1. The van der Waals surface area contributed by atoms with Gasteiger partial charge >= 0.3 is 0 Å². The van der Waals surface area contributed by atoms with Gasteiger partial charge in [0.05, 0.1) is 12.4 Å². The predicted octanol–water partition coefficient (Wildman–Crippen LogP) is 2.56. The van der Waals surface area contributed by atoms with Gasteiger partial charge in [-0.15, -0.1) is 0 Å². The summed E-state index contributed by atoms with van der Waals surface area (Å²) in [6, 6.07) is 11.3. The minimum absolute atomic E-state index is 0.182. The minimum atomic E-state index is -0.644. The van der Waals surface area contributed by atoms with Crippen LogP contribution in [0.2, 0.25) is 5.15 Å². The van der Waals surface area contributed by atoms with Crippen LogP contribution < -0.4 is 10.2 Å². The van der Waals surface area contributed by atoms with E-state index in [2.05, 4.69) is 74.2 Å². The summed E-state index contributed by atoms with van der Waals surface area (Å²) >= 11 is 5.87. The number of piperazine rings is 1. The van der Waals surface area contributed by atoms with Crippen LogP contribution >= 0.6 is 11.6 Å². The summed E-state index contributed by atoms with van der Waals surface area (Å²) in [5, 5.41) is 14.9. The van der Waals surface area contributed by atoms with Gasteiger partial charge in [-0.3, -0.25) is 15.1 Å². The second-order valence-electron chi connectivity index (χ2n) is 8.82. The van der Waals surface area contributed by atoms with Gasteiger partial charge in [-0.05, 0) is 45.3 Å². The molecule has 168 valence electrons. The zero-order valence-electron chi connectivity index (χ0n) is 18.4. The number of hydrogen-bond donors (Lipinski definition) is 2. The molecule has 0 spiro atoms. The Bertz CT molecular complexity index is 803. The first kappa shape index (κ1) is 22.4. The topological polar surface area (TPSA) is 67.8 Å². The van der Waals surface area contributed by atoms with E-state index in [9.17, 15) is 5.11 Å². The van der Waals surface area contributed by atoms with E-state index < -0.39 is 6.35 Å². The molecule has 0 bridgehead atoms. The molecule has 3 atom stereocenters. The Hall–Kier alpha value is -1.77. The maximum absolute atomic E-state index is 11.0. The van der Waals surface area contributed by atoms with Gasteiger partial charge in [0.1, 0.15) is 11.0 Å². The molecule has 2 aliphatic heterocycles. The average molecular weight is 445 g/mol. The Labute approximate surface area is 190 Å². The van der Waals surface area contributed by atoms with Crippen LogP contribution in [-0.4, -0.2) is 75.5 Å². The van der Waals surface area contributed by atoms with Crippen molar-refractivity contribution in [2.75, 3.05) is 31.1 Å². The molecule has 1 aromatic heterocycles. The lowest BCUT2D eigenvalue weighted by molar-refractivity contribution is -0.0814. The highest BCUT2D eigenvalue weighted by atomic mass is 35.5. The van der Waals surface area contributed by atoms with Crippen LogP contribution in [0, 0.1) is 0 Å². The number of aliphatic hydroxyl groups is 1. The fourth-order valence-corrected chi connectivity index (χ4v) is 4.97. The highest BCUT2D eigenvalue weighted by Gasteiger charge is 2.35. The van der Waals surface area contributed by atoms with Gasteiger partial charge in [0, 0.05) is 37.8 Å². The van der Waals surface area contributed by atoms with Crippen LogP contribution in [0.3, 0.4) is 0 Å². The van der Waals surface area contributed by atoms with Crippen LogP contribution in [0.1, 0.15) is 32.3 Å². The van der Waals surface area contributed by atoms with E-state index >= 15 is 0 Å². The molecule has 0 amide bonds. The summed E-state index contributed by atoms with van der Waals surface area (Å²) < 4.78 is 0. The first-order valence-corrected chi connectivity index (χ1v) is 11.6. The number of piperidine rings is 1. The zero-order valence-corrected chi connectivity index (χ0v) is 19.1. The zero-order chi connectivity index (χ0) is 21.8. The van der Waals surface area contributed by atoms with E-state index in [1.165, 1.54) is 5.56 Å². The molecule has 3 heterocycles. The van der Waals surface area contributed by atoms with Crippen LogP contribution in [-0.2, 0) is 6.54 Å². The monoisotopic (exact) mass is 444 g/mol. The molecule has 0 radical (unpaired) electrons. The summed E-state index contributed by atoms with van der Waals surface area (Å²) in [5.74, 6) is 0.830. The van der Waals surface area contributed by atoms with Crippen LogP contribution in [0.5, 0.6) is 0 Å². The van der Waals surface area contributed by atoms with Gasteiger partial charge in [0.25, 0.3) is 0 Å². The number of hydrogen-bond acceptors (Lipinski definition) is 7. The second kappa shape index (κ2) is 10.2. The molecular formula is C23H33ClN6O. The van der Waals surface area contributed by atoms with Crippen molar-refractivity contribution in [3.8, 4) is 0 Å².